The first-order valence-electron chi connectivity index (χ1n) is 5.48. The average Bonchev–Trinajstić information content (AvgIpc) is 1.98. The first-order valence-corrected chi connectivity index (χ1v) is 5.93. The van der Waals surface area contributed by atoms with Gasteiger partial charge in [0, 0.05) is 17.8 Å². The fourth-order valence-electron chi connectivity index (χ4n) is 1.13. The summed E-state index contributed by atoms with van der Waals surface area (Å²) in [6.45, 7) is 10.5. The molecule has 0 aliphatic carbocycles. The number of rotatable bonds is 7. The SMILES string of the molecule is CC(=O)CCC(C)(C)OCCC(C)(C)S. The Kier molecular flexibility index (Phi) is 5.89. The van der Waals surface area contributed by atoms with Gasteiger partial charge >= 0.3 is 0 Å². The number of carbonyl (C=O) groups excluding carboxylic acids is 1. The Morgan fingerprint density at radius 1 is 1.20 bits per heavy atom. The van der Waals surface area contributed by atoms with Crippen molar-refractivity contribution in [3.05, 3.63) is 0 Å². The monoisotopic (exact) mass is 232 g/mol. The molecule has 0 rings (SSSR count). The molecule has 0 fully saturated rings. The van der Waals surface area contributed by atoms with E-state index in [1.54, 1.807) is 6.92 Å². The Labute approximate surface area is 99.2 Å². The maximum Gasteiger partial charge on any atom is 0.129 e. The van der Waals surface area contributed by atoms with E-state index in [9.17, 15) is 4.79 Å². The highest BCUT2D eigenvalue weighted by molar-refractivity contribution is 7.81. The van der Waals surface area contributed by atoms with Crippen LogP contribution in [0, 0.1) is 0 Å². The maximum atomic E-state index is 10.9. The minimum absolute atomic E-state index is 0.0106. The zero-order valence-corrected chi connectivity index (χ0v) is 11.5. The summed E-state index contributed by atoms with van der Waals surface area (Å²) in [7, 11) is 0. The second-order valence-electron chi connectivity index (χ2n) is 5.37. The molecule has 0 saturated carbocycles. The van der Waals surface area contributed by atoms with Gasteiger partial charge in [-0.3, -0.25) is 0 Å². The average molecular weight is 232 g/mol. The summed E-state index contributed by atoms with van der Waals surface area (Å²) in [5, 5.41) is 0. The number of Topliss-reactive ketones (excluding diaryl/α,β-unsaturated/α-hetero) is 1. The summed E-state index contributed by atoms with van der Waals surface area (Å²) < 4.78 is 5.77. The van der Waals surface area contributed by atoms with Gasteiger partial charge in [0.25, 0.3) is 0 Å². The van der Waals surface area contributed by atoms with E-state index >= 15 is 0 Å². The van der Waals surface area contributed by atoms with E-state index in [1.807, 2.05) is 13.8 Å². The number of hydrogen-bond donors (Lipinski definition) is 1. The van der Waals surface area contributed by atoms with Gasteiger partial charge in [-0.2, -0.15) is 12.6 Å². The van der Waals surface area contributed by atoms with E-state index in [0.29, 0.717) is 13.0 Å². The lowest BCUT2D eigenvalue weighted by atomic mass is 10.0. The van der Waals surface area contributed by atoms with Gasteiger partial charge in [0.2, 0.25) is 0 Å². The molecule has 0 N–H and O–H groups in total. The molecule has 0 saturated heterocycles. The summed E-state index contributed by atoms with van der Waals surface area (Å²) in [6, 6.07) is 0. The molecule has 0 aliphatic rings. The van der Waals surface area contributed by atoms with Crippen molar-refractivity contribution in [2.45, 2.75) is 64.2 Å². The summed E-state index contributed by atoms with van der Waals surface area (Å²) in [6.07, 6.45) is 2.30. The molecular formula is C12H24O2S. The molecule has 0 bridgehead atoms. The van der Waals surface area contributed by atoms with Crippen LogP contribution < -0.4 is 0 Å². The lowest BCUT2D eigenvalue weighted by Gasteiger charge is -2.27. The standard InChI is InChI=1S/C12H24O2S/c1-10(13)6-7-11(2,3)14-9-8-12(4,5)15/h15H,6-9H2,1-5H3. The van der Waals surface area contributed by atoms with Crippen LogP contribution in [0.25, 0.3) is 0 Å². The molecule has 15 heavy (non-hydrogen) atoms. The van der Waals surface area contributed by atoms with Gasteiger partial charge in [-0.25, -0.2) is 0 Å². The van der Waals surface area contributed by atoms with Gasteiger partial charge in [0.15, 0.2) is 0 Å². The van der Waals surface area contributed by atoms with E-state index in [-0.39, 0.29) is 16.1 Å². The first kappa shape index (κ1) is 15.0. The zero-order valence-electron chi connectivity index (χ0n) is 10.6. The lowest BCUT2D eigenvalue weighted by molar-refractivity contribution is -0.118. The third-order valence-electron chi connectivity index (χ3n) is 2.29. The molecule has 0 unspecified atom stereocenters. The van der Waals surface area contributed by atoms with Crippen molar-refractivity contribution in [1.82, 2.24) is 0 Å². The Bertz CT molecular complexity index is 204. The van der Waals surface area contributed by atoms with Crippen LogP contribution in [0.5, 0.6) is 0 Å². The molecular weight excluding hydrogens is 208 g/mol. The highest BCUT2D eigenvalue weighted by atomic mass is 32.1. The highest BCUT2D eigenvalue weighted by Gasteiger charge is 2.20. The number of ketones is 1. The van der Waals surface area contributed by atoms with Gasteiger partial charge in [-0.05, 0) is 33.6 Å². The summed E-state index contributed by atoms with van der Waals surface area (Å²) in [5.41, 5.74) is -0.204. The van der Waals surface area contributed by atoms with Gasteiger partial charge in [0.05, 0.1) is 5.60 Å². The molecule has 0 heterocycles. The molecule has 0 aromatic heterocycles. The van der Waals surface area contributed by atoms with E-state index in [4.69, 9.17) is 4.74 Å². The summed E-state index contributed by atoms with van der Waals surface area (Å²) in [4.78, 5) is 10.9. The number of carbonyl (C=O) groups is 1. The smallest absolute Gasteiger partial charge is 0.129 e. The second-order valence-corrected chi connectivity index (χ2v) is 6.58. The third kappa shape index (κ3) is 10.3. The molecule has 0 radical (unpaired) electrons. The Balaban J connectivity index is 3.78. The quantitative estimate of drug-likeness (QED) is 0.682. The predicted octanol–water partition coefficient (Wildman–Crippen LogP) is 3.25. The number of ether oxygens (including phenoxy) is 1. The molecule has 2 nitrogen and oxygen atoms in total. The fraction of sp³-hybridized carbons (Fsp3) is 0.917. The molecule has 90 valence electrons. The van der Waals surface area contributed by atoms with Gasteiger partial charge < -0.3 is 9.53 Å². The van der Waals surface area contributed by atoms with E-state index in [2.05, 4.69) is 26.5 Å². The second kappa shape index (κ2) is 5.90. The van der Waals surface area contributed by atoms with Crippen LogP contribution in [-0.4, -0.2) is 22.7 Å². The van der Waals surface area contributed by atoms with Crippen molar-refractivity contribution >= 4 is 18.4 Å². The van der Waals surface area contributed by atoms with E-state index in [1.165, 1.54) is 0 Å². The topological polar surface area (TPSA) is 26.3 Å². The van der Waals surface area contributed by atoms with Crippen LogP contribution in [0.2, 0.25) is 0 Å². The van der Waals surface area contributed by atoms with Crippen molar-refractivity contribution < 1.29 is 9.53 Å². The highest BCUT2D eigenvalue weighted by Crippen LogP contribution is 2.21. The molecule has 0 atom stereocenters. The van der Waals surface area contributed by atoms with Crippen molar-refractivity contribution in [1.29, 1.82) is 0 Å². The Hall–Kier alpha value is -0.0200. The molecule has 3 heteroatoms. The number of thiol groups is 1. The van der Waals surface area contributed by atoms with Gasteiger partial charge in [-0.1, -0.05) is 13.8 Å². The molecule has 0 spiro atoms. The van der Waals surface area contributed by atoms with Crippen molar-refractivity contribution in [3.8, 4) is 0 Å². The van der Waals surface area contributed by atoms with Crippen molar-refractivity contribution in [2.75, 3.05) is 6.61 Å². The van der Waals surface area contributed by atoms with Gasteiger partial charge in [-0.15, -0.1) is 0 Å². The molecule has 0 aliphatic heterocycles. The van der Waals surface area contributed by atoms with Crippen LogP contribution in [0.3, 0.4) is 0 Å². The van der Waals surface area contributed by atoms with Crippen LogP contribution >= 0.6 is 12.6 Å². The normalized spacial score (nSPS) is 12.9. The first-order chi connectivity index (χ1) is 6.62. The zero-order chi connectivity index (χ0) is 12.1. The van der Waals surface area contributed by atoms with Crippen LogP contribution in [-0.2, 0) is 9.53 Å². The Morgan fingerprint density at radius 2 is 1.73 bits per heavy atom. The molecule has 0 amide bonds. The van der Waals surface area contributed by atoms with Gasteiger partial charge in [0.1, 0.15) is 5.78 Å². The Morgan fingerprint density at radius 3 is 2.13 bits per heavy atom. The minimum Gasteiger partial charge on any atom is -0.376 e. The summed E-state index contributed by atoms with van der Waals surface area (Å²) in [5.74, 6) is 0.223. The largest absolute Gasteiger partial charge is 0.376 e. The lowest BCUT2D eigenvalue weighted by Crippen LogP contribution is -2.27. The number of hydrogen-bond acceptors (Lipinski definition) is 3. The van der Waals surface area contributed by atoms with Crippen LogP contribution in [0.4, 0.5) is 0 Å². The predicted molar refractivity (Wildman–Crippen MR) is 67.6 cm³/mol. The minimum atomic E-state index is -0.204. The molecule has 0 aromatic carbocycles. The van der Waals surface area contributed by atoms with E-state index in [0.717, 1.165) is 12.8 Å². The maximum absolute atomic E-state index is 10.9. The van der Waals surface area contributed by atoms with Crippen LogP contribution in [0.15, 0.2) is 0 Å². The fourth-order valence-corrected chi connectivity index (χ4v) is 1.22. The third-order valence-corrected chi connectivity index (χ3v) is 2.51. The molecule has 0 aromatic rings. The van der Waals surface area contributed by atoms with Crippen molar-refractivity contribution in [3.63, 3.8) is 0 Å². The van der Waals surface area contributed by atoms with Crippen molar-refractivity contribution in [2.24, 2.45) is 0 Å². The van der Waals surface area contributed by atoms with Crippen LogP contribution in [0.1, 0.15) is 53.9 Å². The van der Waals surface area contributed by atoms with E-state index < -0.39 is 0 Å². The summed E-state index contributed by atoms with van der Waals surface area (Å²) >= 11 is 4.44.